The molecule has 25 heavy (non-hydrogen) atoms. The summed E-state index contributed by atoms with van der Waals surface area (Å²) in [5.74, 6) is -0.102. The highest BCUT2D eigenvalue weighted by molar-refractivity contribution is 7.16. The van der Waals surface area contributed by atoms with Gasteiger partial charge in [0.1, 0.15) is 10.6 Å². The fourth-order valence-corrected chi connectivity index (χ4v) is 3.71. The van der Waals surface area contributed by atoms with Crippen LogP contribution in [0.25, 0.3) is 10.2 Å². The fourth-order valence-electron chi connectivity index (χ4n) is 2.99. The zero-order valence-electron chi connectivity index (χ0n) is 13.3. The van der Waals surface area contributed by atoms with Crippen molar-refractivity contribution in [3.05, 3.63) is 63.8 Å². The summed E-state index contributed by atoms with van der Waals surface area (Å²) < 4.78 is 14.4. The van der Waals surface area contributed by atoms with Gasteiger partial charge in [0.25, 0.3) is 5.56 Å². The average molecular weight is 357 g/mol. The van der Waals surface area contributed by atoms with E-state index in [4.69, 9.17) is 0 Å². The SMILES string of the molecule is O=C(CCn1cnc2sccc2c1=O)N[C@@H]1C[C@@H]1c1ccc(F)cc1. The molecule has 0 bridgehead atoms. The fraction of sp³-hybridized carbons (Fsp3) is 0.278. The lowest BCUT2D eigenvalue weighted by Crippen LogP contribution is -2.29. The highest BCUT2D eigenvalue weighted by atomic mass is 32.1. The Hall–Kier alpha value is -2.54. The maximum absolute atomic E-state index is 12.9. The first-order chi connectivity index (χ1) is 12.1. The van der Waals surface area contributed by atoms with Crippen LogP contribution >= 0.6 is 11.3 Å². The first-order valence-corrected chi connectivity index (χ1v) is 8.97. The number of nitrogens with one attached hydrogen (secondary N) is 1. The third-order valence-corrected chi connectivity index (χ3v) is 5.29. The number of thiophene rings is 1. The number of aromatic nitrogens is 2. The number of fused-ring (bicyclic) bond motifs is 1. The summed E-state index contributed by atoms with van der Waals surface area (Å²) in [6, 6.07) is 8.23. The Morgan fingerprint density at radius 2 is 2.12 bits per heavy atom. The van der Waals surface area contributed by atoms with Gasteiger partial charge in [-0.1, -0.05) is 12.1 Å². The van der Waals surface area contributed by atoms with Gasteiger partial charge in [-0.05, 0) is 35.6 Å². The van der Waals surface area contributed by atoms with E-state index in [1.165, 1.54) is 34.4 Å². The van der Waals surface area contributed by atoms with Gasteiger partial charge in [0.15, 0.2) is 0 Å². The molecule has 7 heteroatoms. The van der Waals surface area contributed by atoms with Gasteiger partial charge in [-0.15, -0.1) is 11.3 Å². The average Bonchev–Trinajstić information content (AvgIpc) is 3.18. The number of hydrogen-bond acceptors (Lipinski definition) is 4. The molecule has 0 spiro atoms. The van der Waals surface area contributed by atoms with E-state index < -0.39 is 0 Å². The zero-order chi connectivity index (χ0) is 17.4. The van der Waals surface area contributed by atoms with Crippen molar-refractivity contribution in [3.8, 4) is 0 Å². The molecular weight excluding hydrogens is 341 g/mol. The second-order valence-corrected chi connectivity index (χ2v) is 7.09. The second kappa shape index (κ2) is 6.40. The standard InChI is InChI=1S/C18H16FN3O2S/c19-12-3-1-11(2-4-12)14-9-15(14)21-16(23)5-7-22-10-20-17-13(18(22)24)6-8-25-17/h1-4,6,8,10,14-15H,5,7,9H2,(H,21,23)/t14-,15-/m1/s1. The number of halogens is 1. The molecule has 1 aliphatic carbocycles. The van der Waals surface area contributed by atoms with E-state index >= 15 is 0 Å². The molecule has 0 saturated heterocycles. The van der Waals surface area contributed by atoms with E-state index in [9.17, 15) is 14.0 Å². The van der Waals surface area contributed by atoms with Crippen LogP contribution in [0.4, 0.5) is 4.39 Å². The predicted molar refractivity (Wildman–Crippen MR) is 94.2 cm³/mol. The first kappa shape index (κ1) is 16.0. The number of carbonyl (C=O) groups is 1. The Morgan fingerprint density at radius 3 is 2.92 bits per heavy atom. The van der Waals surface area contributed by atoms with Crippen LogP contribution in [0.2, 0.25) is 0 Å². The van der Waals surface area contributed by atoms with Crippen molar-refractivity contribution in [1.29, 1.82) is 0 Å². The molecule has 1 N–H and O–H groups in total. The number of hydrogen-bond donors (Lipinski definition) is 1. The van der Waals surface area contributed by atoms with Crippen molar-refractivity contribution in [2.24, 2.45) is 0 Å². The molecule has 1 aliphatic rings. The zero-order valence-corrected chi connectivity index (χ0v) is 14.1. The van der Waals surface area contributed by atoms with E-state index in [-0.39, 0.29) is 35.7 Å². The maximum Gasteiger partial charge on any atom is 0.262 e. The van der Waals surface area contributed by atoms with Crippen LogP contribution in [0.3, 0.4) is 0 Å². The number of carbonyl (C=O) groups excluding carboxylic acids is 1. The normalized spacial score (nSPS) is 19.1. The molecule has 2 heterocycles. The van der Waals surface area contributed by atoms with Gasteiger partial charge in [-0.25, -0.2) is 9.37 Å². The van der Waals surface area contributed by atoms with Crippen molar-refractivity contribution in [1.82, 2.24) is 14.9 Å². The molecule has 2 aromatic heterocycles. The number of amides is 1. The minimum atomic E-state index is -0.258. The molecular formula is C18H16FN3O2S. The molecule has 1 fully saturated rings. The summed E-state index contributed by atoms with van der Waals surface area (Å²) in [4.78, 5) is 29.3. The van der Waals surface area contributed by atoms with Gasteiger partial charge in [0.2, 0.25) is 5.91 Å². The largest absolute Gasteiger partial charge is 0.353 e. The lowest BCUT2D eigenvalue weighted by Gasteiger charge is -2.07. The van der Waals surface area contributed by atoms with Gasteiger partial charge in [0, 0.05) is 24.9 Å². The van der Waals surface area contributed by atoms with Crippen LogP contribution in [-0.4, -0.2) is 21.5 Å². The van der Waals surface area contributed by atoms with E-state index in [1.54, 1.807) is 18.2 Å². The van der Waals surface area contributed by atoms with Crippen molar-refractivity contribution in [2.75, 3.05) is 0 Å². The van der Waals surface area contributed by atoms with Crippen LogP contribution in [-0.2, 0) is 11.3 Å². The third kappa shape index (κ3) is 3.32. The summed E-state index contributed by atoms with van der Waals surface area (Å²) in [6.07, 6.45) is 2.58. The molecule has 1 saturated carbocycles. The molecule has 128 valence electrons. The van der Waals surface area contributed by atoms with Crippen LogP contribution < -0.4 is 10.9 Å². The highest BCUT2D eigenvalue weighted by Gasteiger charge is 2.39. The van der Waals surface area contributed by atoms with E-state index in [0.29, 0.717) is 16.8 Å². The van der Waals surface area contributed by atoms with Crippen LogP contribution in [0.15, 0.2) is 46.8 Å². The molecule has 1 aromatic carbocycles. The van der Waals surface area contributed by atoms with E-state index in [2.05, 4.69) is 10.3 Å². The van der Waals surface area contributed by atoms with Crippen molar-refractivity contribution in [3.63, 3.8) is 0 Å². The van der Waals surface area contributed by atoms with Crippen LogP contribution in [0, 0.1) is 5.82 Å². The van der Waals surface area contributed by atoms with Gasteiger partial charge >= 0.3 is 0 Å². The van der Waals surface area contributed by atoms with E-state index in [0.717, 1.165) is 12.0 Å². The smallest absolute Gasteiger partial charge is 0.262 e. The number of nitrogens with zero attached hydrogens (tertiary/aromatic N) is 2. The van der Waals surface area contributed by atoms with Gasteiger partial charge < -0.3 is 5.32 Å². The Labute approximate surface area is 147 Å². The molecule has 4 rings (SSSR count). The molecule has 0 radical (unpaired) electrons. The van der Waals surface area contributed by atoms with Crippen molar-refractivity contribution >= 4 is 27.5 Å². The summed E-state index contributed by atoms with van der Waals surface area (Å²) in [5.41, 5.74) is 0.921. The van der Waals surface area contributed by atoms with Crippen LogP contribution in [0.5, 0.6) is 0 Å². The minimum absolute atomic E-state index is 0.0900. The predicted octanol–water partition coefficient (Wildman–Crippen LogP) is 2.66. The summed E-state index contributed by atoms with van der Waals surface area (Å²) in [6.45, 7) is 0.303. The van der Waals surface area contributed by atoms with Crippen molar-refractivity contribution < 1.29 is 9.18 Å². The van der Waals surface area contributed by atoms with Crippen LogP contribution in [0.1, 0.15) is 24.3 Å². The Kier molecular flexibility index (Phi) is 4.09. The number of aryl methyl sites for hydroxylation is 1. The summed E-state index contributed by atoms with van der Waals surface area (Å²) >= 11 is 1.42. The first-order valence-electron chi connectivity index (χ1n) is 8.09. The summed E-state index contributed by atoms with van der Waals surface area (Å²) in [5, 5.41) is 5.39. The molecule has 3 aromatic rings. The highest BCUT2D eigenvalue weighted by Crippen LogP contribution is 2.40. The Balaban J connectivity index is 1.33. The topological polar surface area (TPSA) is 64.0 Å². The summed E-state index contributed by atoms with van der Waals surface area (Å²) in [7, 11) is 0. The number of rotatable bonds is 5. The Morgan fingerprint density at radius 1 is 1.32 bits per heavy atom. The van der Waals surface area contributed by atoms with Gasteiger partial charge in [-0.2, -0.15) is 0 Å². The maximum atomic E-state index is 12.9. The molecule has 5 nitrogen and oxygen atoms in total. The van der Waals surface area contributed by atoms with Crippen molar-refractivity contribution in [2.45, 2.75) is 31.3 Å². The monoisotopic (exact) mass is 357 g/mol. The second-order valence-electron chi connectivity index (χ2n) is 6.20. The van der Waals surface area contributed by atoms with Gasteiger partial charge in [-0.3, -0.25) is 14.2 Å². The molecule has 1 amide bonds. The van der Waals surface area contributed by atoms with E-state index in [1.807, 2.05) is 5.38 Å². The molecule has 0 unspecified atom stereocenters. The Bertz CT molecular complexity index is 980. The molecule has 0 aliphatic heterocycles. The number of benzene rings is 1. The minimum Gasteiger partial charge on any atom is -0.353 e. The lowest BCUT2D eigenvalue weighted by atomic mass is 10.1. The lowest BCUT2D eigenvalue weighted by molar-refractivity contribution is -0.121. The quantitative estimate of drug-likeness (QED) is 0.764. The van der Waals surface area contributed by atoms with Gasteiger partial charge in [0.05, 0.1) is 11.7 Å². The third-order valence-electron chi connectivity index (χ3n) is 4.47. The molecule has 2 atom stereocenters.